The standard InChI is InChI=1S/C24H16Cl3NO5/c1-33-19-9-5-14(11-18(19)27)28-21(12-2-6-15(29)7-3-12)20(23(31)24(28)32)22(30)13-4-8-16(25)17(26)10-13/h2-11,21,29-30H,1H3/b22-20+. The van der Waals surface area contributed by atoms with Crippen LogP contribution in [0, 0.1) is 0 Å². The maximum Gasteiger partial charge on any atom is 0.300 e. The number of anilines is 1. The second kappa shape index (κ2) is 8.98. The Bertz CT molecular complexity index is 1300. The Morgan fingerprint density at radius 2 is 1.61 bits per heavy atom. The number of aromatic hydroxyl groups is 1. The molecule has 168 valence electrons. The highest BCUT2D eigenvalue weighted by Gasteiger charge is 2.47. The van der Waals surface area contributed by atoms with E-state index in [1.165, 1.54) is 48.4 Å². The van der Waals surface area contributed by atoms with Crippen LogP contribution in [-0.4, -0.2) is 29.0 Å². The molecule has 0 saturated carbocycles. The van der Waals surface area contributed by atoms with Crippen molar-refractivity contribution in [1.82, 2.24) is 0 Å². The SMILES string of the molecule is COc1ccc(N2C(=O)C(=O)/C(=C(/O)c3ccc(Cl)c(Cl)c3)C2c2ccc(O)cc2)cc1Cl. The van der Waals surface area contributed by atoms with Gasteiger partial charge in [-0.05, 0) is 54.1 Å². The highest BCUT2D eigenvalue weighted by molar-refractivity contribution is 6.52. The number of carbonyl (C=O) groups excluding carboxylic acids is 2. The van der Waals surface area contributed by atoms with Gasteiger partial charge in [-0.3, -0.25) is 14.5 Å². The Kier molecular flexibility index (Phi) is 6.26. The van der Waals surface area contributed by atoms with E-state index in [9.17, 15) is 19.8 Å². The number of carbonyl (C=O) groups is 2. The minimum Gasteiger partial charge on any atom is -0.508 e. The van der Waals surface area contributed by atoms with Gasteiger partial charge in [0.25, 0.3) is 11.7 Å². The minimum absolute atomic E-state index is 0.00711. The molecular weight excluding hydrogens is 489 g/mol. The number of nitrogens with zero attached hydrogens (tertiary/aromatic N) is 1. The molecule has 1 amide bonds. The van der Waals surface area contributed by atoms with E-state index < -0.39 is 23.5 Å². The minimum atomic E-state index is -0.996. The van der Waals surface area contributed by atoms with E-state index in [1.54, 1.807) is 24.3 Å². The smallest absolute Gasteiger partial charge is 0.300 e. The molecular formula is C24H16Cl3NO5. The number of amides is 1. The number of phenols is 1. The number of aliphatic hydroxyl groups is 1. The van der Waals surface area contributed by atoms with E-state index in [4.69, 9.17) is 39.5 Å². The molecule has 9 heteroatoms. The maximum atomic E-state index is 13.1. The Morgan fingerprint density at radius 1 is 0.909 bits per heavy atom. The summed E-state index contributed by atoms with van der Waals surface area (Å²) in [6.45, 7) is 0. The molecule has 6 nitrogen and oxygen atoms in total. The molecule has 1 heterocycles. The fourth-order valence-electron chi connectivity index (χ4n) is 3.67. The summed E-state index contributed by atoms with van der Waals surface area (Å²) in [5.74, 6) is -1.74. The zero-order chi connectivity index (χ0) is 23.9. The van der Waals surface area contributed by atoms with E-state index in [1.807, 2.05) is 0 Å². The Morgan fingerprint density at radius 3 is 2.21 bits per heavy atom. The van der Waals surface area contributed by atoms with Crippen LogP contribution in [0.2, 0.25) is 15.1 Å². The molecule has 1 unspecified atom stereocenters. The number of halogens is 3. The average Bonchev–Trinajstić information content (AvgIpc) is 3.06. The molecule has 2 N–H and O–H groups in total. The lowest BCUT2D eigenvalue weighted by Gasteiger charge is -2.26. The summed E-state index contributed by atoms with van der Waals surface area (Å²) in [6, 6.07) is 14.0. The van der Waals surface area contributed by atoms with Crippen LogP contribution in [0.4, 0.5) is 5.69 Å². The summed E-state index contributed by atoms with van der Waals surface area (Å²) in [5.41, 5.74) is 0.893. The molecule has 3 aromatic carbocycles. The van der Waals surface area contributed by atoms with Gasteiger partial charge in [-0.15, -0.1) is 0 Å². The summed E-state index contributed by atoms with van der Waals surface area (Å²) in [6.07, 6.45) is 0. The van der Waals surface area contributed by atoms with Crippen molar-refractivity contribution in [2.75, 3.05) is 12.0 Å². The largest absolute Gasteiger partial charge is 0.508 e. The van der Waals surface area contributed by atoms with Gasteiger partial charge < -0.3 is 14.9 Å². The molecule has 33 heavy (non-hydrogen) atoms. The average molecular weight is 505 g/mol. The normalized spacial score (nSPS) is 17.5. The van der Waals surface area contributed by atoms with Crippen LogP contribution < -0.4 is 9.64 Å². The van der Waals surface area contributed by atoms with Crippen molar-refractivity contribution in [3.63, 3.8) is 0 Å². The number of phenolic OH excluding ortho intramolecular Hbond substituents is 1. The van der Waals surface area contributed by atoms with Crippen molar-refractivity contribution in [3.05, 3.63) is 92.4 Å². The van der Waals surface area contributed by atoms with Crippen LogP contribution in [0.15, 0.2) is 66.2 Å². The van der Waals surface area contributed by atoms with E-state index >= 15 is 0 Å². The van der Waals surface area contributed by atoms with Crippen molar-refractivity contribution in [2.24, 2.45) is 0 Å². The second-order valence-electron chi connectivity index (χ2n) is 7.21. The van der Waals surface area contributed by atoms with Gasteiger partial charge in [0.05, 0.1) is 33.8 Å². The molecule has 1 fully saturated rings. The first kappa shape index (κ1) is 23.0. The zero-order valence-corrected chi connectivity index (χ0v) is 19.3. The third-order valence-corrected chi connectivity index (χ3v) is 6.29. The van der Waals surface area contributed by atoms with Crippen LogP contribution in [-0.2, 0) is 9.59 Å². The first-order valence-electron chi connectivity index (χ1n) is 9.61. The molecule has 3 aromatic rings. The molecule has 1 atom stereocenters. The number of benzene rings is 3. The zero-order valence-electron chi connectivity index (χ0n) is 17.1. The second-order valence-corrected chi connectivity index (χ2v) is 8.43. The van der Waals surface area contributed by atoms with Crippen molar-refractivity contribution in [3.8, 4) is 11.5 Å². The van der Waals surface area contributed by atoms with Gasteiger partial charge in [0.2, 0.25) is 0 Å². The van der Waals surface area contributed by atoms with E-state index in [0.717, 1.165) is 0 Å². The lowest BCUT2D eigenvalue weighted by molar-refractivity contribution is -0.132. The summed E-state index contributed by atoms with van der Waals surface area (Å²) < 4.78 is 5.17. The first-order chi connectivity index (χ1) is 15.7. The number of hydrogen-bond acceptors (Lipinski definition) is 5. The molecule has 0 radical (unpaired) electrons. The van der Waals surface area contributed by atoms with Gasteiger partial charge >= 0.3 is 0 Å². The van der Waals surface area contributed by atoms with Crippen LogP contribution in [0.25, 0.3) is 5.76 Å². The molecule has 4 rings (SSSR count). The number of methoxy groups -OCH3 is 1. The summed E-state index contributed by atoms with van der Waals surface area (Å²) >= 11 is 18.3. The lowest BCUT2D eigenvalue weighted by atomic mass is 9.95. The van der Waals surface area contributed by atoms with E-state index in [2.05, 4.69) is 0 Å². The molecule has 0 bridgehead atoms. The van der Waals surface area contributed by atoms with Gasteiger partial charge in [-0.25, -0.2) is 0 Å². The van der Waals surface area contributed by atoms with Gasteiger partial charge in [-0.1, -0.05) is 46.9 Å². The third-order valence-electron chi connectivity index (χ3n) is 5.26. The number of rotatable bonds is 4. The molecule has 0 aliphatic carbocycles. The fourth-order valence-corrected chi connectivity index (χ4v) is 4.22. The van der Waals surface area contributed by atoms with Gasteiger partial charge in [0.1, 0.15) is 17.3 Å². The summed E-state index contributed by atoms with van der Waals surface area (Å²) in [4.78, 5) is 27.5. The first-order valence-corrected chi connectivity index (χ1v) is 10.7. The highest BCUT2D eigenvalue weighted by atomic mass is 35.5. The topological polar surface area (TPSA) is 87.1 Å². The molecule has 0 spiro atoms. The number of hydrogen-bond donors (Lipinski definition) is 2. The highest BCUT2D eigenvalue weighted by Crippen LogP contribution is 2.44. The molecule has 1 saturated heterocycles. The maximum absolute atomic E-state index is 13.1. The van der Waals surface area contributed by atoms with Crippen LogP contribution >= 0.6 is 34.8 Å². The quantitative estimate of drug-likeness (QED) is 0.259. The van der Waals surface area contributed by atoms with Gasteiger partial charge in [0.15, 0.2) is 0 Å². The van der Waals surface area contributed by atoms with E-state index in [-0.39, 0.29) is 32.0 Å². The Hall–Kier alpha value is -3.19. The van der Waals surface area contributed by atoms with Crippen LogP contribution in [0.3, 0.4) is 0 Å². The number of aliphatic hydroxyl groups excluding tert-OH is 1. The van der Waals surface area contributed by atoms with Crippen LogP contribution in [0.1, 0.15) is 17.2 Å². The summed E-state index contributed by atoms with van der Waals surface area (Å²) in [5, 5.41) is 21.5. The number of ether oxygens (including phenoxy) is 1. The predicted molar refractivity (Wildman–Crippen MR) is 127 cm³/mol. The third kappa shape index (κ3) is 4.13. The van der Waals surface area contributed by atoms with Gasteiger partial charge in [-0.2, -0.15) is 0 Å². The van der Waals surface area contributed by atoms with E-state index in [0.29, 0.717) is 17.0 Å². The predicted octanol–water partition coefficient (Wildman–Crippen LogP) is 5.99. The number of ketones is 1. The van der Waals surface area contributed by atoms with Crippen molar-refractivity contribution >= 4 is 57.9 Å². The number of Topliss-reactive ketones (excluding diaryl/α,β-unsaturated/α-hetero) is 1. The van der Waals surface area contributed by atoms with Crippen molar-refractivity contribution in [1.29, 1.82) is 0 Å². The van der Waals surface area contributed by atoms with Crippen molar-refractivity contribution < 1.29 is 24.5 Å². The monoisotopic (exact) mass is 503 g/mol. The van der Waals surface area contributed by atoms with Gasteiger partial charge in [0, 0.05) is 11.3 Å². The molecule has 0 aromatic heterocycles. The molecule has 1 aliphatic heterocycles. The fraction of sp³-hybridized carbons (Fsp3) is 0.0833. The Balaban J connectivity index is 1.94. The Labute approximate surface area is 204 Å². The molecule has 1 aliphatic rings. The summed E-state index contributed by atoms with van der Waals surface area (Å²) in [7, 11) is 1.46. The van der Waals surface area contributed by atoms with Crippen molar-refractivity contribution in [2.45, 2.75) is 6.04 Å². The van der Waals surface area contributed by atoms with Crippen LogP contribution in [0.5, 0.6) is 11.5 Å². The lowest BCUT2D eigenvalue weighted by Crippen LogP contribution is -2.29.